The maximum Gasteiger partial charge on any atom is 0.252 e. The van der Waals surface area contributed by atoms with E-state index in [9.17, 15) is 9.90 Å². The van der Waals surface area contributed by atoms with Gasteiger partial charge in [0.2, 0.25) is 0 Å². The van der Waals surface area contributed by atoms with Crippen LogP contribution in [0.2, 0.25) is 0 Å². The molecule has 2 rings (SSSR count). The van der Waals surface area contributed by atoms with E-state index in [2.05, 4.69) is 43.8 Å². The number of benzene rings is 2. The Labute approximate surface area is 146 Å². The number of rotatable bonds is 5. The zero-order chi connectivity index (χ0) is 15.2. The van der Waals surface area contributed by atoms with Crippen LogP contribution in [0, 0.1) is 3.57 Å². The van der Waals surface area contributed by atoms with Crippen LogP contribution in [0.15, 0.2) is 53.0 Å². The fourth-order valence-electron chi connectivity index (χ4n) is 1.99. The molecule has 2 aromatic carbocycles. The molecule has 0 fully saturated rings. The van der Waals surface area contributed by atoms with Crippen LogP contribution in [-0.2, 0) is 6.42 Å². The Morgan fingerprint density at radius 3 is 2.62 bits per heavy atom. The molecule has 3 nitrogen and oxygen atoms in total. The summed E-state index contributed by atoms with van der Waals surface area (Å²) < 4.78 is 1.74. The number of halogens is 2. The highest BCUT2D eigenvalue weighted by Crippen LogP contribution is 2.19. The fraction of sp³-hybridized carbons (Fsp3) is 0.188. The second kappa shape index (κ2) is 7.91. The second-order valence-electron chi connectivity index (χ2n) is 4.67. The predicted octanol–water partition coefficient (Wildman–Crippen LogP) is 3.39. The molecule has 0 saturated carbocycles. The Morgan fingerprint density at radius 2 is 1.95 bits per heavy atom. The van der Waals surface area contributed by atoms with Crippen molar-refractivity contribution in [2.75, 3.05) is 6.61 Å². The molecule has 2 aromatic rings. The topological polar surface area (TPSA) is 49.3 Å². The average molecular weight is 460 g/mol. The highest BCUT2D eigenvalue weighted by atomic mass is 127. The zero-order valence-corrected chi connectivity index (χ0v) is 15.0. The molecular weight excluding hydrogens is 445 g/mol. The van der Waals surface area contributed by atoms with Crippen LogP contribution >= 0.6 is 38.5 Å². The Balaban J connectivity index is 2.07. The summed E-state index contributed by atoms with van der Waals surface area (Å²) in [5, 5.41) is 12.4. The second-order valence-corrected chi connectivity index (χ2v) is 6.77. The number of aliphatic hydroxyl groups is 1. The summed E-state index contributed by atoms with van der Waals surface area (Å²) >= 11 is 5.55. The van der Waals surface area contributed by atoms with Gasteiger partial charge in [0.05, 0.1) is 18.2 Å². The van der Waals surface area contributed by atoms with Crippen molar-refractivity contribution in [3.63, 3.8) is 0 Å². The lowest BCUT2D eigenvalue weighted by molar-refractivity contribution is 0.0915. The van der Waals surface area contributed by atoms with Crippen LogP contribution in [0.1, 0.15) is 15.9 Å². The molecule has 0 heterocycles. The third kappa shape index (κ3) is 4.79. The molecule has 1 amide bonds. The summed E-state index contributed by atoms with van der Waals surface area (Å²) in [5.41, 5.74) is 1.66. The van der Waals surface area contributed by atoms with E-state index in [4.69, 9.17) is 0 Å². The maximum absolute atomic E-state index is 12.3. The molecule has 1 unspecified atom stereocenters. The van der Waals surface area contributed by atoms with E-state index in [1.807, 2.05) is 48.5 Å². The Bertz CT molecular complexity index is 619. The van der Waals surface area contributed by atoms with Crippen molar-refractivity contribution >= 4 is 44.4 Å². The summed E-state index contributed by atoms with van der Waals surface area (Å²) in [4.78, 5) is 12.3. The van der Waals surface area contributed by atoms with Gasteiger partial charge in [0.15, 0.2) is 0 Å². The van der Waals surface area contributed by atoms with E-state index < -0.39 is 0 Å². The number of aliphatic hydroxyl groups excluding tert-OH is 1. The summed E-state index contributed by atoms with van der Waals surface area (Å²) in [6, 6.07) is 15.1. The molecule has 0 saturated heterocycles. The van der Waals surface area contributed by atoms with Gasteiger partial charge in [0, 0.05) is 8.04 Å². The van der Waals surface area contributed by atoms with Gasteiger partial charge in [-0.1, -0.05) is 30.3 Å². The Kier molecular flexibility index (Phi) is 6.20. The van der Waals surface area contributed by atoms with Gasteiger partial charge in [0.1, 0.15) is 0 Å². The first-order chi connectivity index (χ1) is 10.1. The van der Waals surface area contributed by atoms with Gasteiger partial charge in [-0.05, 0) is 68.7 Å². The molecule has 0 aliphatic heterocycles. The highest BCUT2D eigenvalue weighted by molar-refractivity contribution is 14.1. The summed E-state index contributed by atoms with van der Waals surface area (Å²) in [6.45, 7) is -0.0951. The van der Waals surface area contributed by atoms with Gasteiger partial charge in [-0.3, -0.25) is 4.79 Å². The predicted molar refractivity (Wildman–Crippen MR) is 95.3 cm³/mol. The Morgan fingerprint density at radius 1 is 1.24 bits per heavy atom. The first kappa shape index (κ1) is 16.5. The largest absolute Gasteiger partial charge is 0.394 e. The first-order valence-electron chi connectivity index (χ1n) is 6.51. The summed E-state index contributed by atoms with van der Waals surface area (Å²) in [7, 11) is 0. The lowest BCUT2D eigenvalue weighted by Crippen LogP contribution is -2.39. The van der Waals surface area contributed by atoms with Crippen molar-refractivity contribution in [1.29, 1.82) is 0 Å². The smallest absolute Gasteiger partial charge is 0.252 e. The lowest BCUT2D eigenvalue weighted by Gasteiger charge is -2.17. The fourth-order valence-corrected chi connectivity index (χ4v) is 2.91. The van der Waals surface area contributed by atoms with Gasteiger partial charge < -0.3 is 10.4 Å². The van der Waals surface area contributed by atoms with E-state index in [1.54, 1.807) is 0 Å². The molecule has 0 aliphatic carbocycles. The van der Waals surface area contributed by atoms with E-state index in [1.165, 1.54) is 0 Å². The molecule has 0 radical (unpaired) electrons. The van der Waals surface area contributed by atoms with Gasteiger partial charge in [-0.25, -0.2) is 0 Å². The van der Waals surface area contributed by atoms with Crippen molar-refractivity contribution < 1.29 is 9.90 Å². The standard InChI is InChI=1S/C16H15BrINO2/c17-15-7-6-12(18)9-14(15)16(21)19-13(10-20)8-11-4-2-1-3-5-11/h1-7,9,13,20H,8,10H2,(H,19,21). The summed E-state index contributed by atoms with van der Waals surface area (Å²) in [6.07, 6.45) is 0.602. The SMILES string of the molecule is O=C(NC(CO)Cc1ccccc1)c1cc(I)ccc1Br. The molecule has 0 aliphatic rings. The van der Waals surface area contributed by atoms with Crippen LogP contribution in [-0.4, -0.2) is 23.7 Å². The van der Waals surface area contributed by atoms with Gasteiger partial charge >= 0.3 is 0 Å². The number of nitrogens with one attached hydrogen (secondary N) is 1. The first-order valence-corrected chi connectivity index (χ1v) is 8.38. The lowest BCUT2D eigenvalue weighted by atomic mass is 10.1. The molecule has 21 heavy (non-hydrogen) atoms. The van der Waals surface area contributed by atoms with Crippen LogP contribution in [0.25, 0.3) is 0 Å². The zero-order valence-electron chi connectivity index (χ0n) is 11.2. The van der Waals surface area contributed by atoms with Crippen LogP contribution in [0.3, 0.4) is 0 Å². The summed E-state index contributed by atoms with van der Waals surface area (Å²) in [5.74, 6) is -0.185. The van der Waals surface area contributed by atoms with E-state index in [0.717, 1.165) is 13.6 Å². The highest BCUT2D eigenvalue weighted by Gasteiger charge is 2.16. The monoisotopic (exact) mass is 459 g/mol. The van der Waals surface area contributed by atoms with Crippen LogP contribution in [0.5, 0.6) is 0 Å². The molecule has 1 atom stereocenters. The van der Waals surface area contributed by atoms with E-state index >= 15 is 0 Å². The number of carbonyl (C=O) groups is 1. The van der Waals surface area contributed by atoms with Gasteiger partial charge in [0.25, 0.3) is 5.91 Å². The molecule has 0 aromatic heterocycles. The minimum absolute atomic E-state index is 0.0951. The van der Waals surface area contributed by atoms with Gasteiger partial charge in [-0.15, -0.1) is 0 Å². The quantitative estimate of drug-likeness (QED) is 0.673. The number of hydrogen-bond acceptors (Lipinski definition) is 2. The number of carbonyl (C=O) groups excluding carboxylic acids is 1. The minimum atomic E-state index is -0.301. The molecule has 0 bridgehead atoms. The molecular formula is C16H15BrINO2. The van der Waals surface area contributed by atoms with Crippen LogP contribution < -0.4 is 5.32 Å². The average Bonchev–Trinajstić information content (AvgIpc) is 2.50. The van der Waals surface area contributed by atoms with Gasteiger partial charge in [-0.2, -0.15) is 0 Å². The molecule has 110 valence electrons. The molecule has 5 heteroatoms. The normalized spacial score (nSPS) is 12.0. The van der Waals surface area contributed by atoms with Crippen molar-refractivity contribution in [3.05, 3.63) is 67.7 Å². The van der Waals surface area contributed by atoms with Crippen LogP contribution in [0.4, 0.5) is 0 Å². The molecule has 0 spiro atoms. The third-order valence-electron chi connectivity index (χ3n) is 3.05. The number of amides is 1. The molecule has 2 N–H and O–H groups in total. The van der Waals surface area contributed by atoms with Crippen molar-refractivity contribution in [2.24, 2.45) is 0 Å². The van der Waals surface area contributed by atoms with Crippen molar-refractivity contribution in [1.82, 2.24) is 5.32 Å². The minimum Gasteiger partial charge on any atom is -0.394 e. The third-order valence-corrected chi connectivity index (χ3v) is 4.42. The Hall–Kier alpha value is -0.920. The van der Waals surface area contributed by atoms with Crippen molar-refractivity contribution in [2.45, 2.75) is 12.5 Å². The maximum atomic E-state index is 12.3. The van der Waals surface area contributed by atoms with Crippen molar-refractivity contribution in [3.8, 4) is 0 Å². The van der Waals surface area contributed by atoms with E-state index in [-0.39, 0.29) is 18.6 Å². The van der Waals surface area contributed by atoms with E-state index in [0.29, 0.717) is 12.0 Å². The number of hydrogen-bond donors (Lipinski definition) is 2.